The summed E-state index contributed by atoms with van der Waals surface area (Å²) in [5.74, 6) is -0.264. The Bertz CT molecular complexity index is 361. The van der Waals surface area contributed by atoms with Gasteiger partial charge in [0.1, 0.15) is 5.75 Å². The number of halogens is 2. The van der Waals surface area contributed by atoms with Crippen molar-refractivity contribution < 1.29 is 13.5 Å². The molecule has 1 aromatic carbocycles. The molecule has 108 valence electrons. The maximum atomic E-state index is 12.7. The van der Waals surface area contributed by atoms with Gasteiger partial charge in [-0.15, -0.1) is 0 Å². The van der Waals surface area contributed by atoms with Crippen LogP contribution in [0.4, 0.5) is 8.78 Å². The second kappa shape index (κ2) is 8.13. The quantitative estimate of drug-likeness (QED) is 0.712. The molecule has 0 heterocycles. The van der Waals surface area contributed by atoms with Crippen molar-refractivity contribution >= 4 is 0 Å². The molecule has 0 N–H and O–H groups in total. The third-order valence-electron chi connectivity index (χ3n) is 3.39. The van der Waals surface area contributed by atoms with Gasteiger partial charge < -0.3 is 4.74 Å². The molecule has 1 aliphatic rings. The molecule has 0 aliphatic heterocycles. The van der Waals surface area contributed by atoms with Gasteiger partial charge >= 0.3 is 0 Å². The molecule has 1 fully saturated rings. The second-order valence-electron chi connectivity index (χ2n) is 5.21. The molecule has 0 atom stereocenters. The fourth-order valence-corrected chi connectivity index (χ4v) is 2.25. The number of benzene rings is 1. The topological polar surface area (TPSA) is 9.23 Å². The molecule has 1 nitrogen and oxygen atoms in total. The third-order valence-corrected chi connectivity index (χ3v) is 3.39. The van der Waals surface area contributed by atoms with E-state index in [2.05, 4.69) is 6.92 Å². The predicted molar refractivity (Wildman–Crippen MR) is 74.5 cm³/mol. The lowest BCUT2D eigenvalue weighted by Gasteiger charge is -2.15. The van der Waals surface area contributed by atoms with E-state index in [1.165, 1.54) is 45.1 Å². The standard InChI is InChI=1S/C9H10F2O.C7H14/c1-3-12-7-4-6(2)9(11)8(10)5-7;1-7-5-3-2-4-6-7/h4-5H,3H2,1-2H3;7H,2-6H2,1H3. The minimum atomic E-state index is -0.863. The summed E-state index contributed by atoms with van der Waals surface area (Å²) in [6, 6.07) is 2.52. The minimum Gasteiger partial charge on any atom is -0.494 e. The molecule has 1 saturated carbocycles. The first-order valence-electron chi connectivity index (χ1n) is 7.13. The Labute approximate surface area is 115 Å². The summed E-state index contributed by atoms with van der Waals surface area (Å²) in [7, 11) is 0. The summed E-state index contributed by atoms with van der Waals surface area (Å²) >= 11 is 0. The smallest absolute Gasteiger partial charge is 0.162 e. The van der Waals surface area contributed by atoms with Gasteiger partial charge in [0.2, 0.25) is 0 Å². The molecule has 0 bridgehead atoms. The summed E-state index contributed by atoms with van der Waals surface area (Å²) in [5.41, 5.74) is 0.262. The van der Waals surface area contributed by atoms with Crippen molar-refractivity contribution in [1.29, 1.82) is 0 Å². The van der Waals surface area contributed by atoms with Crippen LogP contribution < -0.4 is 4.74 Å². The molecule has 1 aromatic rings. The van der Waals surface area contributed by atoms with Crippen LogP contribution >= 0.6 is 0 Å². The first kappa shape index (κ1) is 15.9. The van der Waals surface area contributed by atoms with Crippen molar-refractivity contribution in [3.63, 3.8) is 0 Å². The van der Waals surface area contributed by atoms with E-state index in [9.17, 15) is 8.78 Å². The van der Waals surface area contributed by atoms with E-state index < -0.39 is 11.6 Å². The molecular formula is C16H24F2O. The van der Waals surface area contributed by atoms with Gasteiger partial charge in [0, 0.05) is 6.07 Å². The maximum Gasteiger partial charge on any atom is 0.162 e. The second-order valence-corrected chi connectivity index (χ2v) is 5.21. The zero-order valence-corrected chi connectivity index (χ0v) is 12.1. The zero-order chi connectivity index (χ0) is 14.3. The number of rotatable bonds is 2. The lowest BCUT2D eigenvalue weighted by atomic mass is 9.91. The number of aryl methyl sites for hydroxylation is 1. The highest BCUT2D eigenvalue weighted by Gasteiger charge is 2.07. The molecule has 3 heteroatoms. The predicted octanol–water partition coefficient (Wildman–Crippen LogP) is 5.26. The molecule has 0 saturated heterocycles. The normalized spacial score (nSPS) is 15.6. The van der Waals surface area contributed by atoms with Crippen molar-refractivity contribution in [1.82, 2.24) is 0 Å². The van der Waals surface area contributed by atoms with Crippen molar-refractivity contribution in [2.24, 2.45) is 5.92 Å². The Morgan fingerprint density at radius 2 is 1.79 bits per heavy atom. The van der Waals surface area contributed by atoms with Gasteiger partial charge in [0.25, 0.3) is 0 Å². The van der Waals surface area contributed by atoms with E-state index in [1.807, 2.05) is 0 Å². The molecule has 2 rings (SSSR count). The fourth-order valence-electron chi connectivity index (χ4n) is 2.25. The van der Waals surface area contributed by atoms with Crippen LogP contribution in [0.1, 0.15) is 51.5 Å². The Balaban J connectivity index is 0.000000218. The Hall–Kier alpha value is -1.12. The average Bonchev–Trinajstić information content (AvgIpc) is 2.38. The highest BCUT2D eigenvalue weighted by atomic mass is 19.2. The summed E-state index contributed by atoms with van der Waals surface area (Å²) in [6.45, 7) is 6.10. The van der Waals surface area contributed by atoms with Crippen LogP contribution in [0.2, 0.25) is 0 Å². The summed E-state index contributed by atoms with van der Waals surface area (Å²) < 4.78 is 30.4. The lowest BCUT2D eigenvalue weighted by Crippen LogP contribution is -1.99. The van der Waals surface area contributed by atoms with E-state index >= 15 is 0 Å². The van der Waals surface area contributed by atoms with Crippen molar-refractivity contribution in [2.75, 3.05) is 6.61 Å². The molecule has 0 spiro atoms. The maximum absolute atomic E-state index is 12.7. The van der Waals surface area contributed by atoms with Gasteiger partial charge in [-0.2, -0.15) is 0 Å². The highest BCUT2D eigenvalue weighted by Crippen LogP contribution is 2.22. The van der Waals surface area contributed by atoms with Gasteiger partial charge in [0.15, 0.2) is 11.6 Å². The number of hydrogen-bond donors (Lipinski definition) is 0. The highest BCUT2D eigenvalue weighted by molar-refractivity contribution is 5.29. The van der Waals surface area contributed by atoms with Crippen molar-refractivity contribution in [3.8, 4) is 5.75 Å². The van der Waals surface area contributed by atoms with E-state index in [1.54, 1.807) is 6.92 Å². The summed E-state index contributed by atoms with van der Waals surface area (Å²) in [4.78, 5) is 0. The Morgan fingerprint density at radius 3 is 2.21 bits per heavy atom. The zero-order valence-electron chi connectivity index (χ0n) is 12.1. The molecule has 0 aromatic heterocycles. The van der Waals surface area contributed by atoms with E-state index in [0.29, 0.717) is 12.4 Å². The molecular weight excluding hydrogens is 246 g/mol. The Kier molecular flexibility index (Phi) is 6.82. The van der Waals surface area contributed by atoms with E-state index in [-0.39, 0.29) is 5.56 Å². The van der Waals surface area contributed by atoms with E-state index in [4.69, 9.17) is 4.74 Å². The number of hydrogen-bond acceptors (Lipinski definition) is 1. The summed E-state index contributed by atoms with van der Waals surface area (Å²) in [5, 5.41) is 0. The third kappa shape index (κ3) is 5.58. The van der Waals surface area contributed by atoms with Crippen molar-refractivity contribution in [2.45, 2.75) is 52.9 Å². The average molecular weight is 270 g/mol. The fraction of sp³-hybridized carbons (Fsp3) is 0.625. The van der Waals surface area contributed by atoms with Crippen molar-refractivity contribution in [3.05, 3.63) is 29.3 Å². The van der Waals surface area contributed by atoms with Crippen LogP contribution in [0.5, 0.6) is 5.75 Å². The van der Waals surface area contributed by atoms with Crippen LogP contribution in [0.3, 0.4) is 0 Å². The van der Waals surface area contributed by atoms with Gasteiger partial charge in [-0.1, -0.05) is 39.0 Å². The largest absolute Gasteiger partial charge is 0.494 e. The minimum absolute atomic E-state index is 0.262. The van der Waals surface area contributed by atoms with Crippen LogP contribution in [0.25, 0.3) is 0 Å². The number of ether oxygens (including phenoxy) is 1. The monoisotopic (exact) mass is 270 g/mol. The first-order chi connectivity index (χ1) is 9.04. The van der Waals surface area contributed by atoms with E-state index in [0.717, 1.165) is 12.0 Å². The van der Waals surface area contributed by atoms with Crippen LogP contribution in [-0.2, 0) is 0 Å². The molecule has 0 radical (unpaired) electrons. The summed E-state index contributed by atoms with van der Waals surface area (Å²) in [6.07, 6.45) is 7.44. The van der Waals surface area contributed by atoms with Gasteiger partial charge in [-0.3, -0.25) is 0 Å². The van der Waals surface area contributed by atoms with Crippen LogP contribution in [-0.4, -0.2) is 6.61 Å². The molecule has 1 aliphatic carbocycles. The van der Waals surface area contributed by atoms with Crippen LogP contribution in [0.15, 0.2) is 12.1 Å². The van der Waals surface area contributed by atoms with Gasteiger partial charge in [-0.05, 0) is 31.4 Å². The SMILES string of the molecule is CC1CCCCC1.CCOc1cc(C)c(F)c(F)c1. The molecule has 19 heavy (non-hydrogen) atoms. The van der Waals surface area contributed by atoms with Gasteiger partial charge in [-0.25, -0.2) is 8.78 Å². The van der Waals surface area contributed by atoms with Crippen LogP contribution in [0, 0.1) is 24.5 Å². The molecule has 0 unspecified atom stereocenters. The lowest BCUT2D eigenvalue weighted by molar-refractivity contribution is 0.336. The molecule has 0 amide bonds. The van der Waals surface area contributed by atoms with Gasteiger partial charge in [0.05, 0.1) is 6.61 Å². The Morgan fingerprint density at radius 1 is 1.16 bits per heavy atom. The first-order valence-corrected chi connectivity index (χ1v) is 7.13.